The van der Waals surface area contributed by atoms with E-state index in [1.54, 1.807) is 0 Å². The summed E-state index contributed by atoms with van der Waals surface area (Å²) in [5, 5.41) is 13.0. The molecular weight excluding hydrogens is 356 g/mol. The van der Waals surface area contributed by atoms with Crippen molar-refractivity contribution in [2.24, 2.45) is 0 Å². The molecule has 6 nitrogen and oxygen atoms in total. The van der Waals surface area contributed by atoms with E-state index in [1.807, 2.05) is 48.5 Å². The SMILES string of the molecule is C[C@@H]1COC[C@@](CO)(CNC(=O)OCc2ccccc2)N1Cc1ccccc1. The van der Waals surface area contributed by atoms with Crippen molar-refractivity contribution in [2.75, 3.05) is 26.4 Å². The lowest BCUT2D eigenvalue weighted by atomic mass is 9.94. The number of alkyl carbamates (subject to hydrolysis) is 1. The van der Waals surface area contributed by atoms with Crippen molar-refractivity contribution in [3.05, 3.63) is 71.8 Å². The summed E-state index contributed by atoms with van der Waals surface area (Å²) in [5.41, 5.74) is 1.38. The minimum absolute atomic E-state index is 0.114. The van der Waals surface area contributed by atoms with Crippen LogP contribution in [-0.4, -0.2) is 54.0 Å². The van der Waals surface area contributed by atoms with Crippen LogP contribution in [0.5, 0.6) is 0 Å². The van der Waals surface area contributed by atoms with Gasteiger partial charge in [-0.15, -0.1) is 0 Å². The molecule has 0 spiro atoms. The van der Waals surface area contributed by atoms with E-state index in [9.17, 15) is 9.90 Å². The normalized spacial score (nSPS) is 22.6. The number of aliphatic hydroxyl groups excluding tert-OH is 1. The second-order valence-corrected chi connectivity index (χ2v) is 7.28. The molecule has 6 heteroatoms. The third kappa shape index (κ3) is 5.10. The number of nitrogens with one attached hydrogen (secondary N) is 1. The number of amides is 1. The Morgan fingerprint density at radius 1 is 1.18 bits per heavy atom. The van der Waals surface area contributed by atoms with Gasteiger partial charge >= 0.3 is 6.09 Å². The van der Waals surface area contributed by atoms with E-state index in [-0.39, 0.29) is 25.8 Å². The standard InChI is InChI=1S/C22H28N2O4/c1-18-13-27-17-22(16-25,24(18)12-19-8-4-2-5-9-19)15-23-21(26)28-14-20-10-6-3-7-11-20/h2-11,18,25H,12-17H2,1H3,(H,23,26)/t18-,22+/m1/s1. The number of carbonyl (C=O) groups is 1. The fourth-order valence-electron chi connectivity index (χ4n) is 3.52. The van der Waals surface area contributed by atoms with Crippen LogP contribution >= 0.6 is 0 Å². The highest BCUT2D eigenvalue weighted by molar-refractivity contribution is 5.67. The first-order valence-corrected chi connectivity index (χ1v) is 9.57. The van der Waals surface area contributed by atoms with Gasteiger partial charge in [0.05, 0.1) is 25.4 Å². The molecule has 0 unspecified atom stereocenters. The van der Waals surface area contributed by atoms with Crippen LogP contribution in [0.15, 0.2) is 60.7 Å². The number of hydrogen-bond donors (Lipinski definition) is 2. The monoisotopic (exact) mass is 384 g/mol. The molecule has 1 heterocycles. The number of nitrogens with zero attached hydrogens (tertiary/aromatic N) is 1. The molecule has 2 aromatic carbocycles. The molecule has 0 aromatic heterocycles. The van der Waals surface area contributed by atoms with Crippen LogP contribution in [-0.2, 0) is 22.6 Å². The van der Waals surface area contributed by atoms with E-state index in [1.165, 1.54) is 0 Å². The average Bonchev–Trinajstić information content (AvgIpc) is 2.74. The zero-order valence-corrected chi connectivity index (χ0v) is 16.2. The first-order valence-electron chi connectivity index (χ1n) is 9.57. The molecule has 28 heavy (non-hydrogen) atoms. The van der Waals surface area contributed by atoms with Crippen molar-refractivity contribution in [3.8, 4) is 0 Å². The Labute approximate surface area is 166 Å². The van der Waals surface area contributed by atoms with Crippen molar-refractivity contribution >= 4 is 6.09 Å². The van der Waals surface area contributed by atoms with Gasteiger partial charge in [-0.25, -0.2) is 4.79 Å². The Balaban J connectivity index is 1.62. The maximum absolute atomic E-state index is 12.2. The van der Waals surface area contributed by atoms with Crippen molar-refractivity contribution in [3.63, 3.8) is 0 Å². The molecule has 1 aliphatic heterocycles. The van der Waals surface area contributed by atoms with Gasteiger partial charge in [0.25, 0.3) is 0 Å². The Morgan fingerprint density at radius 3 is 2.46 bits per heavy atom. The Bertz CT molecular complexity index is 741. The summed E-state index contributed by atoms with van der Waals surface area (Å²) in [6, 6.07) is 19.7. The summed E-state index contributed by atoms with van der Waals surface area (Å²) in [4.78, 5) is 14.4. The molecule has 1 aliphatic rings. The summed E-state index contributed by atoms with van der Waals surface area (Å²) in [7, 11) is 0. The van der Waals surface area contributed by atoms with Gasteiger partial charge in [0.15, 0.2) is 0 Å². The summed E-state index contributed by atoms with van der Waals surface area (Å²) in [6.07, 6.45) is -0.505. The van der Waals surface area contributed by atoms with Gasteiger partial charge in [0.1, 0.15) is 6.61 Å². The lowest BCUT2D eigenvalue weighted by Crippen LogP contribution is -2.66. The van der Waals surface area contributed by atoms with Gasteiger partial charge < -0.3 is 19.9 Å². The van der Waals surface area contributed by atoms with Crippen LogP contribution in [0.2, 0.25) is 0 Å². The van der Waals surface area contributed by atoms with Gasteiger partial charge in [-0.3, -0.25) is 4.90 Å². The van der Waals surface area contributed by atoms with Gasteiger partial charge in [-0.2, -0.15) is 0 Å². The van der Waals surface area contributed by atoms with Crippen molar-refractivity contribution in [1.29, 1.82) is 0 Å². The number of carbonyl (C=O) groups excluding carboxylic acids is 1. The molecule has 1 fully saturated rings. The van der Waals surface area contributed by atoms with E-state index in [4.69, 9.17) is 9.47 Å². The molecule has 1 saturated heterocycles. The minimum Gasteiger partial charge on any atom is -0.445 e. The molecule has 150 valence electrons. The summed E-state index contributed by atoms with van der Waals surface area (Å²) in [5.74, 6) is 0. The van der Waals surface area contributed by atoms with Crippen molar-refractivity contribution in [2.45, 2.75) is 31.7 Å². The number of morpholine rings is 1. The van der Waals surface area contributed by atoms with Crippen molar-refractivity contribution < 1.29 is 19.4 Å². The highest BCUT2D eigenvalue weighted by Gasteiger charge is 2.43. The quantitative estimate of drug-likeness (QED) is 0.768. The Hall–Kier alpha value is -2.41. The van der Waals surface area contributed by atoms with Gasteiger partial charge in [-0.1, -0.05) is 60.7 Å². The maximum atomic E-state index is 12.2. The van der Waals surface area contributed by atoms with Crippen LogP contribution in [0.1, 0.15) is 18.1 Å². The van der Waals surface area contributed by atoms with Crippen LogP contribution < -0.4 is 5.32 Å². The van der Waals surface area contributed by atoms with Gasteiger partial charge in [0, 0.05) is 19.1 Å². The van der Waals surface area contributed by atoms with Crippen LogP contribution in [0.4, 0.5) is 4.79 Å². The highest BCUT2D eigenvalue weighted by Crippen LogP contribution is 2.26. The molecule has 2 aromatic rings. The summed E-state index contributed by atoms with van der Waals surface area (Å²) in [6.45, 7) is 4.01. The van der Waals surface area contributed by atoms with Crippen LogP contribution in [0, 0.1) is 0 Å². The molecule has 2 N–H and O–H groups in total. The molecule has 1 amide bonds. The average molecular weight is 384 g/mol. The number of rotatable bonds is 7. The lowest BCUT2D eigenvalue weighted by molar-refractivity contribution is -0.122. The number of aliphatic hydroxyl groups is 1. The Morgan fingerprint density at radius 2 is 1.82 bits per heavy atom. The van der Waals surface area contributed by atoms with Crippen LogP contribution in [0.3, 0.4) is 0 Å². The fourth-order valence-corrected chi connectivity index (χ4v) is 3.52. The van der Waals surface area contributed by atoms with E-state index in [2.05, 4.69) is 29.3 Å². The zero-order chi connectivity index (χ0) is 19.8. The topological polar surface area (TPSA) is 71.0 Å². The van der Waals surface area contributed by atoms with E-state index >= 15 is 0 Å². The number of ether oxygens (including phenoxy) is 2. The largest absolute Gasteiger partial charge is 0.445 e. The third-order valence-electron chi connectivity index (χ3n) is 5.14. The summed E-state index contributed by atoms with van der Waals surface area (Å²) >= 11 is 0. The van der Waals surface area contributed by atoms with Crippen molar-refractivity contribution in [1.82, 2.24) is 10.2 Å². The predicted octanol–water partition coefficient (Wildman–Crippen LogP) is 2.56. The molecule has 0 saturated carbocycles. The highest BCUT2D eigenvalue weighted by atomic mass is 16.5. The molecule has 0 radical (unpaired) electrons. The second-order valence-electron chi connectivity index (χ2n) is 7.28. The third-order valence-corrected chi connectivity index (χ3v) is 5.14. The lowest BCUT2D eigenvalue weighted by Gasteiger charge is -2.49. The maximum Gasteiger partial charge on any atom is 0.407 e. The van der Waals surface area contributed by atoms with Gasteiger partial charge in [-0.05, 0) is 18.1 Å². The Kier molecular flexibility index (Phi) is 7.03. The molecule has 2 atom stereocenters. The first kappa shape index (κ1) is 20.3. The van der Waals surface area contributed by atoms with Crippen LogP contribution in [0.25, 0.3) is 0 Å². The van der Waals surface area contributed by atoms with Gasteiger partial charge in [0.2, 0.25) is 0 Å². The predicted molar refractivity (Wildman–Crippen MR) is 107 cm³/mol. The first-order chi connectivity index (χ1) is 13.6. The smallest absolute Gasteiger partial charge is 0.407 e. The molecule has 0 aliphatic carbocycles. The molecular formula is C22H28N2O4. The molecule has 3 rings (SSSR count). The van der Waals surface area contributed by atoms with E-state index in [0.29, 0.717) is 19.8 Å². The van der Waals surface area contributed by atoms with E-state index in [0.717, 1.165) is 11.1 Å². The summed E-state index contributed by atoms with van der Waals surface area (Å²) < 4.78 is 11.0. The number of benzene rings is 2. The minimum atomic E-state index is -0.695. The fraction of sp³-hybridized carbons (Fsp3) is 0.409. The van der Waals surface area contributed by atoms with E-state index < -0.39 is 11.6 Å². The second kappa shape index (κ2) is 9.68. The molecule has 0 bridgehead atoms. The number of hydrogen-bond acceptors (Lipinski definition) is 5. The zero-order valence-electron chi connectivity index (χ0n) is 16.2.